The van der Waals surface area contributed by atoms with Crippen molar-refractivity contribution in [1.29, 1.82) is 0 Å². The fourth-order valence-corrected chi connectivity index (χ4v) is 5.52. The number of benzene rings is 2. The summed E-state index contributed by atoms with van der Waals surface area (Å²) in [6.07, 6.45) is 3.92. The first-order valence-corrected chi connectivity index (χ1v) is 12.7. The number of likely N-dealkylation sites (N-methyl/N-ethyl adjacent to an activating group) is 1. The zero-order valence-corrected chi connectivity index (χ0v) is 20.4. The lowest BCUT2D eigenvalue weighted by atomic mass is 9.96. The van der Waals surface area contributed by atoms with Gasteiger partial charge in [-0.2, -0.15) is 0 Å². The van der Waals surface area contributed by atoms with E-state index in [0.29, 0.717) is 17.8 Å². The topological polar surface area (TPSA) is 59.1 Å². The molecule has 3 aliphatic heterocycles. The molecule has 2 fully saturated rings. The molecule has 0 radical (unpaired) electrons. The molecular weight excluding hydrogens is 445 g/mol. The highest BCUT2D eigenvalue weighted by Crippen LogP contribution is 2.39. The van der Waals surface area contributed by atoms with E-state index in [1.54, 1.807) is 18.0 Å². The van der Waals surface area contributed by atoms with Crippen LogP contribution in [0, 0.1) is 5.82 Å². The van der Waals surface area contributed by atoms with Gasteiger partial charge in [-0.15, -0.1) is 0 Å². The maximum Gasteiger partial charge on any atom is 0.251 e. The van der Waals surface area contributed by atoms with Crippen LogP contribution in [0.3, 0.4) is 0 Å². The summed E-state index contributed by atoms with van der Waals surface area (Å²) in [4.78, 5) is 34.0. The van der Waals surface area contributed by atoms with Crippen molar-refractivity contribution >= 4 is 28.9 Å². The quantitative estimate of drug-likeness (QED) is 0.646. The summed E-state index contributed by atoms with van der Waals surface area (Å²) in [5, 5.41) is 3.03. The van der Waals surface area contributed by atoms with Gasteiger partial charge in [0.15, 0.2) is 0 Å². The molecule has 2 amide bonds. The number of nitrogens with one attached hydrogen (secondary N) is 1. The van der Waals surface area contributed by atoms with E-state index in [9.17, 15) is 14.0 Å². The van der Waals surface area contributed by atoms with E-state index in [0.717, 1.165) is 76.3 Å². The van der Waals surface area contributed by atoms with Crippen LogP contribution in [-0.2, 0) is 4.79 Å². The predicted molar refractivity (Wildman–Crippen MR) is 137 cm³/mol. The van der Waals surface area contributed by atoms with E-state index in [2.05, 4.69) is 20.0 Å². The molecule has 2 aromatic carbocycles. The lowest BCUT2D eigenvalue weighted by Crippen LogP contribution is -2.54. The molecule has 3 heterocycles. The van der Waals surface area contributed by atoms with Gasteiger partial charge in [0.1, 0.15) is 11.9 Å². The van der Waals surface area contributed by atoms with Crippen LogP contribution >= 0.6 is 0 Å². The molecule has 7 nitrogen and oxygen atoms in total. The van der Waals surface area contributed by atoms with Gasteiger partial charge >= 0.3 is 0 Å². The highest BCUT2D eigenvalue weighted by Gasteiger charge is 2.38. The maximum atomic E-state index is 14.0. The second kappa shape index (κ2) is 10.2. The third kappa shape index (κ3) is 4.85. The average Bonchev–Trinajstić information content (AvgIpc) is 2.90. The number of piperazine rings is 1. The number of fused-ring (bicyclic) bond motifs is 3. The van der Waals surface area contributed by atoms with E-state index in [4.69, 9.17) is 0 Å². The van der Waals surface area contributed by atoms with Crippen molar-refractivity contribution in [1.82, 2.24) is 10.2 Å². The van der Waals surface area contributed by atoms with Crippen molar-refractivity contribution in [2.45, 2.75) is 31.7 Å². The summed E-state index contributed by atoms with van der Waals surface area (Å²) < 4.78 is 14.0. The number of nitrogens with zero attached hydrogens (tertiary/aromatic N) is 4. The molecule has 0 bridgehead atoms. The SMILES string of the molecule is CN1C(=O)[C@H]2CCCCN2c2ccc(C(=O)NCCCN3CCN(c4ccccc4F)CC3)cc21. The van der Waals surface area contributed by atoms with Gasteiger partial charge in [-0.1, -0.05) is 12.1 Å². The Labute approximate surface area is 206 Å². The van der Waals surface area contributed by atoms with Crippen molar-refractivity contribution < 1.29 is 14.0 Å². The molecule has 5 rings (SSSR count). The molecule has 2 saturated heterocycles. The van der Waals surface area contributed by atoms with Crippen LogP contribution in [0.4, 0.5) is 21.5 Å². The third-order valence-corrected chi connectivity index (χ3v) is 7.53. The molecule has 1 atom stereocenters. The summed E-state index contributed by atoms with van der Waals surface area (Å²) in [5.74, 6) is -0.166. The lowest BCUT2D eigenvalue weighted by Gasteiger charge is -2.44. The van der Waals surface area contributed by atoms with Crippen molar-refractivity contribution in [3.05, 3.63) is 53.8 Å². The number of carbonyl (C=O) groups is 2. The Morgan fingerprint density at radius 1 is 1.00 bits per heavy atom. The zero-order valence-electron chi connectivity index (χ0n) is 20.4. The number of amides is 2. The van der Waals surface area contributed by atoms with Gasteiger partial charge in [0, 0.05) is 51.9 Å². The number of hydrogen-bond acceptors (Lipinski definition) is 5. The van der Waals surface area contributed by atoms with Gasteiger partial charge in [0.25, 0.3) is 5.91 Å². The first kappa shape index (κ1) is 23.6. The normalized spacial score (nSPS) is 20.5. The van der Waals surface area contributed by atoms with Crippen LogP contribution in [0.15, 0.2) is 42.5 Å². The van der Waals surface area contributed by atoms with Crippen LogP contribution in [0.25, 0.3) is 0 Å². The Morgan fingerprint density at radius 2 is 1.80 bits per heavy atom. The second-order valence-corrected chi connectivity index (χ2v) is 9.70. The third-order valence-electron chi connectivity index (χ3n) is 7.53. The minimum atomic E-state index is -0.169. The monoisotopic (exact) mass is 479 g/mol. The lowest BCUT2D eigenvalue weighted by molar-refractivity contribution is -0.120. The Hall–Kier alpha value is -3.13. The van der Waals surface area contributed by atoms with E-state index in [1.165, 1.54) is 6.07 Å². The number of rotatable bonds is 6. The van der Waals surface area contributed by atoms with E-state index >= 15 is 0 Å². The van der Waals surface area contributed by atoms with Gasteiger partial charge in [-0.25, -0.2) is 4.39 Å². The minimum absolute atomic E-state index is 0.0745. The van der Waals surface area contributed by atoms with Crippen molar-refractivity contribution in [2.75, 3.05) is 67.6 Å². The van der Waals surface area contributed by atoms with Gasteiger partial charge in [0.05, 0.1) is 17.1 Å². The molecule has 0 spiro atoms. The number of hydrogen-bond donors (Lipinski definition) is 1. The summed E-state index contributed by atoms with van der Waals surface area (Å²) >= 11 is 0. The first-order valence-electron chi connectivity index (χ1n) is 12.7. The largest absolute Gasteiger partial charge is 0.367 e. The molecule has 8 heteroatoms. The number of anilines is 3. The molecule has 0 unspecified atom stereocenters. The van der Waals surface area contributed by atoms with Crippen LogP contribution in [0.5, 0.6) is 0 Å². The molecule has 1 N–H and O–H groups in total. The van der Waals surface area contributed by atoms with Crippen LogP contribution < -0.4 is 20.0 Å². The van der Waals surface area contributed by atoms with Gasteiger partial charge in [-0.05, 0) is 62.6 Å². The van der Waals surface area contributed by atoms with Crippen molar-refractivity contribution in [3.63, 3.8) is 0 Å². The predicted octanol–water partition coefficient (Wildman–Crippen LogP) is 3.10. The zero-order chi connectivity index (χ0) is 24.4. The number of piperidine rings is 1. The summed E-state index contributed by atoms with van der Waals surface area (Å²) in [5.41, 5.74) is 3.11. The molecule has 3 aliphatic rings. The average molecular weight is 480 g/mol. The van der Waals surface area contributed by atoms with Gasteiger partial charge < -0.3 is 20.0 Å². The van der Waals surface area contributed by atoms with Crippen LogP contribution in [-0.4, -0.2) is 75.6 Å². The molecule has 2 aromatic rings. The number of para-hydroxylation sites is 1. The Balaban J connectivity index is 1.10. The molecule has 0 saturated carbocycles. The Morgan fingerprint density at radius 3 is 2.60 bits per heavy atom. The molecule has 35 heavy (non-hydrogen) atoms. The second-order valence-electron chi connectivity index (χ2n) is 9.70. The van der Waals surface area contributed by atoms with Crippen LogP contribution in [0.2, 0.25) is 0 Å². The smallest absolute Gasteiger partial charge is 0.251 e. The minimum Gasteiger partial charge on any atom is -0.367 e. The van der Waals surface area contributed by atoms with E-state index < -0.39 is 0 Å². The fraction of sp³-hybridized carbons (Fsp3) is 0.481. The van der Waals surface area contributed by atoms with E-state index in [1.807, 2.05) is 30.3 Å². The molecule has 186 valence electrons. The van der Waals surface area contributed by atoms with Crippen molar-refractivity contribution in [2.24, 2.45) is 0 Å². The Bertz CT molecular complexity index is 1080. The Kier molecular flexibility index (Phi) is 6.90. The highest BCUT2D eigenvalue weighted by atomic mass is 19.1. The van der Waals surface area contributed by atoms with Crippen molar-refractivity contribution in [3.8, 4) is 0 Å². The number of halogens is 1. The fourth-order valence-electron chi connectivity index (χ4n) is 5.52. The summed E-state index contributed by atoms with van der Waals surface area (Å²) in [6, 6.07) is 12.6. The number of carbonyl (C=O) groups excluding carboxylic acids is 2. The van der Waals surface area contributed by atoms with Crippen LogP contribution in [0.1, 0.15) is 36.0 Å². The molecular formula is C27H34FN5O2. The summed E-state index contributed by atoms with van der Waals surface area (Å²) in [7, 11) is 1.81. The standard InChI is InChI=1S/C27H34FN5O2/c1-30-25-19-20(10-11-23(25)33-14-5-4-9-24(33)27(30)35)26(34)29-12-6-13-31-15-17-32(18-16-31)22-8-3-2-7-21(22)28/h2-3,7-8,10-11,19,24H,4-6,9,12-18H2,1H3,(H,29,34)/t24-/m1/s1. The summed E-state index contributed by atoms with van der Waals surface area (Å²) in [6.45, 7) is 5.72. The molecule has 0 aliphatic carbocycles. The first-order chi connectivity index (χ1) is 17.0. The van der Waals surface area contributed by atoms with Gasteiger partial charge in [-0.3, -0.25) is 14.5 Å². The van der Waals surface area contributed by atoms with E-state index in [-0.39, 0.29) is 23.7 Å². The maximum absolute atomic E-state index is 14.0. The molecule has 0 aromatic heterocycles. The van der Waals surface area contributed by atoms with Gasteiger partial charge in [0.2, 0.25) is 5.91 Å². The highest BCUT2D eigenvalue weighted by molar-refractivity contribution is 6.07.